The summed E-state index contributed by atoms with van der Waals surface area (Å²) in [7, 11) is 0. The molecule has 4 nitrogen and oxygen atoms in total. The first kappa shape index (κ1) is 19.8. The van der Waals surface area contributed by atoms with Gasteiger partial charge in [0, 0.05) is 11.3 Å². The van der Waals surface area contributed by atoms with Crippen LogP contribution in [0.15, 0.2) is 48.5 Å². The lowest BCUT2D eigenvalue weighted by Crippen LogP contribution is -2.19. The Kier molecular flexibility index (Phi) is 6.63. The number of hydrogen-bond acceptors (Lipinski definition) is 3. The molecule has 0 aromatic heterocycles. The van der Waals surface area contributed by atoms with Crippen LogP contribution >= 0.6 is 0 Å². The Morgan fingerprint density at radius 2 is 1.65 bits per heavy atom. The van der Waals surface area contributed by atoms with Gasteiger partial charge in [-0.2, -0.15) is 13.2 Å². The second-order valence-corrected chi connectivity index (χ2v) is 5.94. The van der Waals surface area contributed by atoms with E-state index in [4.69, 9.17) is 4.74 Å². The highest BCUT2D eigenvalue weighted by Gasteiger charge is 2.28. The van der Waals surface area contributed by atoms with Gasteiger partial charge in [-0.1, -0.05) is 12.1 Å². The third-order valence-electron chi connectivity index (χ3n) is 3.31. The SMILES string of the molecule is CC(C)OCc1ccc(C(=O)Nc2ccc(OCC(F)(F)F)cc2)cc1. The second-order valence-electron chi connectivity index (χ2n) is 5.94. The molecule has 2 aromatic carbocycles. The van der Waals surface area contributed by atoms with Crippen molar-refractivity contribution in [1.82, 2.24) is 0 Å². The molecule has 1 N–H and O–H groups in total. The van der Waals surface area contributed by atoms with E-state index in [1.807, 2.05) is 26.0 Å². The van der Waals surface area contributed by atoms with Gasteiger partial charge in [-0.25, -0.2) is 0 Å². The number of anilines is 1. The van der Waals surface area contributed by atoms with Gasteiger partial charge in [0.1, 0.15) is 5.75 Å². The van der Waals surface area contributed by atoms with Crippen LogP contribution in [0.4, 0.5) is 18.9 Å². The summed E-state index contributed by atoms with van der Waals surface area (Å²) in [6.07, 6.45) is -4.26. The van der Waals surface area contributed by atoms with Crippen molar-refractivity contribution in [1.29, 1.82) is 0 Å². The molecule has 1 amide bonds. The van der Waals surface area contributed by atoms with Gasteiger partial charge in [0.05, 0.1) is 12.7 Å². The summed E-state index contributed by atoms with van der Waals surface area (Å²) in [6.45, 7) is 3.01. The van der Waals surface area contributed by atoms with E-state index in [-0.39, 0.29) is 17.8 Å². The van der Waals surface area contributed by atoms with Crippen LogP contribution in [0.1, 0.15) is 29.8 Å². The van der Waals surface area contributed by atoms with E-state index >= 15 is 0 Å². The number of amides is 1. The van der Waals surface area contributed by atoms with Crippen LogP contribution in [0, 0.1) is 0 Å². The summed E-state index contributed by atoms with van der Waals surface area (Å²) < 4.78 is 46.4. The highest BCUT2D eigenvalue weighted by Crippen LogP contribution is 2.20. The monoisotopic (exact) mass is 367 g/mol. The van der Waals surface area contributed by atoms with E-state index in [0.29, 0.717) is 17.9 Å². The molecule has 26 heavy (non-hydrogen) atoms. The van der Waals surface area contributed by atoms with Crippen LogP contribution < -0.4 is 10.1 Å². The summed E-state index contributed by atoms with van der Waals surface area (Å²) in [6, 6.07) is 12.7. The van der Waals surface area contributed by atoms with Crippen LogP contribution in [-0.4, -0.2) is 24.8 Å². The maximum atomic E-state index is 12.2. The first-order valence-electron chi connectivity index (χ1n) is 8.04. The van der Waals surface area contributed by atoms with Crippen molar-refractivity contribution in [3.8, 4) is 5.75 Å². The molecule has 0 unspecified atom stereocenters. The van der Waals surface area contributed by atoms with E-state index in [1.165, 1.54) is 24.3 Å². The third-order valence-corrected chi connectivity index (χ3v) is 3.31. The zero-order valence-corrected chi connectivity index (χ0v) is 14.5. The van der Waals surface area contributed by atoms with Crippen LogP contribution in [-0.2, 0) is 11.3 Å². The number of hydrogen-bond donors (Lipinski definition) is 1. The summed E-state index contributed by atoms with van der Waals surface area (Å²) in [4.78, 5) is 12.2. The predicted molar refractivity (Wildman–Crippen MR) is 92.3 cm³/mol. The van der Waals surface area contributed by atoms with E-state index in [1.54, 1.807) is 12.1 Å². The van der Waals surface area contributed by atoms with Gasteiger partial charge >= 0.3 is 6.18 Å². The van der Waals surface area contributed by atoms with Crippen LogP contribution in [0.3, 0.4) is 0 Å². The molecule has 0 bridgehead atoms. The number of benzene rings is 2. The average molecular weight is 367 g/mol. The lowest BCUT2D eigenvalue weighted by Gasteiger charge is -2.10. The zero-order chi connectivity index (χ0) is 19.2. The minimum atomic E-state index is -4.39. The Morgan fingerprint density at radius 3 is 2.19 bits per heavy atom. The third kappa shape index (κ3) is 6.76. The van der Waals surface area contributed by atoms with E-state index in [2.05, 4.69) is 10.1 Å². The highest BCUT2D eigenvalue weighted by atomic mass is 19.4. The minimum Gasteiger partial charge on any atom is -0.484 e. The summed E-state index contributed by atoms with van der Waals surface area (Å²) in [5.74, 6) is -0.236. The summed E-state index contributed by atoms with van der Waals surface area (Å²) >= 11 is 0. The Hall–Kier alpha value is -2.54. The molecule has 0 saturated heterocycles. The van der Waals surface area contributed by atoms with Gasteiger partial charge in [0.15, 0.2) is 6.61 Å². The fraction of sp³-hybridized carbons (Fsp3) is 0.316. The maximum absolute atomic E-state index is 12.2. The first-order chi connectivity index (χ1) is 12.2. The Morgan fingerprint density at radius 1 is 1.04 bits per heavy atom. The van der Waals surface area contributed by atoms with Crippen molar-refractivity contribution in [2.75, 3.05) is 11.9 Å². The molecule has 0 atom stereocenters. The Bertz CT molecular complexity index is 710. The molecule has 140 valence electrons. The van der Waals surface area contributed by atoms with Gasteiger partial charge in [-0.15, -0.1) is 0 Å². The molecular formula is C19H20F3NO3. The number of carbonyl (C=O) groups is 1. The van der Waals surface area contributed by atoms with Gasteiger partial charge in [0.2, 0.25) is 0 Å². The number of nitrogens with one attached hydrogen (secondary N) is 1. The first-order valence-corrected chi connectivity index (χ1v) is 8.04. The molecule has 0 heterocycles. The van der Waals surface area contributed by atoms with Crippen LogP contribution in [0.2, 0.25) is 0 Å². The number of ether oxygens (including phenoxy) is 2. The molecular weight excluding hydrogens is 347 g/mol. The standard InChI is InChI=1S/C19H20F3NO3/c1-13(2)25-11-14-3-5-15(6-4-14)18(24)23-16-7-9-17(10-8-16)26-12-19(20,21)22/h3-10,13H,11-12H2,1-2H3,(H,23,24). The molecule has 0 aliphatic rings. The van der Waals surface area contributed by atoms with Crippen molar-refractivity contribution < 1.29 is 27.4 Å². The van der Waals surface area contributed by atoms with Crippen molar-refractivity contribution in [3.05, 3.63) is 59.7 Å². The fourth-order valence-electron chi connectivity index (χ4n) is 2.02. The number of halogens is 3. The molecule has 7 heteroatoms. The molecule has 0 aliphatic heterocycles. The lowest BCUT2D eigenvalue weighted by atomic mass is 10.1. The molecule has 0 radical (unpaired) electrons. The topological polar surface area (TPSA) is 47.6 Å². The zero-order valence-electron chi connectivity index (χ0n) is 14.5. The molecule has 0 spiro atoms. The maximum Gasteiger partial charge on any atom is 0.422 e. The van der Waals surface area contributed by atoms with E-state index in [0.717, 1.165) is 5.56 Å². The number of alkyl halides is 3. The van der Waals surface area contributed by atoms with Crippen molar-refractivity contribution in [2.45, 2.75) is 32.7 Å². The molecule has 0 saturated carbocycles. The molecule has 0 fully saturated rings. The normalized spacial score (nSPS) is 11.5. The van der Waals surface area contributed by atoms with Gasteiger partial charge < -0.3 is 14.8 Å². The highest BCUT2D eigenvalue weighted by molar-refractivity contribution is 6.04. The van der Waals surface area contributed by atoms with Gasteiger partial charge in [-0.05, 0) is 55.8 Å². The van der Waals surface area contributed by atoms with E-state index in [9.17, 15) is 18.0 Å². The van der Waals surface area contributed by atoms with Crippen molar-refractivity contribution >= 4 is 11.6 Å². The summed E-state index contributed by atoms with van der Waals surface area (Å²) in [5.41, 5.74) is 1.89. The molecule has 0 aliphatic carbocycles. The minimum absolute atomic E-state index is 0.0785. The van der Waals surface area contributed by atoms with Crippen molar-refractivity contribution in [2.24, 2.45) is 0 Å². The lowest BCUT2D eigenvalue weighted by molar-refractivity contribution is -0.153. The largest absolute Gasteiger partial charge is 0.484 e. The second kappa shape index (κ2) is 8.71. The van der Waals surface area contributed by atoms with Crippen molar-refractivity contribution in [3.63, 3.8) is 0 Å². The Labute approximate surface area is 149 Å². The Balaban J connectivity index is 1.90. The average Bonchev–Trinajstić information content (AvgIpc) is 2.59. The fourth-order valence-corrected chi connectivity index (χ4v) is 2.02. The van der Waals surface area contributed by atoms with Crippen LogP contribution in [0.5, 0.6) is 5.75 Å². The van der Waals surface area contributed by atoms with E-state index < -0.39 is 12.8 Å². The number of carbonyl (C=O) groups excluding carboxylic acids is 1. The predicted octanol–water partition coefficient (Wildman–Crippen LogP) is 4.81. The molecule has 2 aromatic rings. The number of rotatable bonds is 7. The molecule has 2 rings (SSSR count). The van der Waals surface area contributed by atoms with Gasteiger partial charge in [0.25, 0.3) is 5.91 Å². The van der Waals surface area contributed by atoms with Gasteiger partial charge in [-0.3, -0.25) is 4.79 Å². The summed E-state index contributed by atoms with van der Waals surface area (Å²) in [5, 5.41) is 2.68. The van der Waals surface area contributed by atoms with Crippen LogP contribution in [0.25, 0.3) is 0 Å². The quantitative estimate of drug-likeness (QED) is 0.764. The smallest absolute Gasteiger partial charge is 0.422 e.